The van der Waals surface area contributed by atoms with E-state index < -0.39 is 0 Å². The molecule has 2 N–H and O–H groups in total. The summed E-state index contributed by atoms with van der Waals surface area (Å²) < 4.78 is 5.33. The van der Waals surface area contributed by atoms with E-state index in [0.717, 1.165) is 51.0 Å². The molecule has 0 aromatic carbocycles. The van der Waals surface area contributed by atoms with Crippen molar-refractivity contribution in [3.05, 3.63) is 0 Å². The number of hydrogen-bond acceptors (Lipinski definition) is 2. The van der Waals surface area contributed by atoms with Crippen molar-refractivity contribution < 1.29 is 4.74 Å². The number of rotatable bonds is 11. The smallest absolute Gasteiger partial charge is 0.190 e. The van der Waals surface area contributed by atoms with Gasteiger partial charge in [-0.3, -0.25) is 4.99 Å². The Morgan fingerprint density at radius 3 is 2.33 bits per heavy atom. The molecule has 0 spiro atoms. The van der Waals surface area contributed by atoms with Crippen LogP contribution in [0.4, 0.5) is 0 Å². The highest BCUT2D eigenvalue weighted by Gasteiger charge is 2.13. The van der Waals surface area contributed by atoms with Crippen LogP contribution in [0.1, 0.15) is 64.7 Å². The van der Waals surface area contributed by atoms with E-state index in [0.29, 0.717) is 0 Å². The second kappa shape index (κ2) is 12.9. The van der Waals surface area contributed by atoms with Crippen molar-refractivity contribution in [3.63, 3.8) is 0 Å². The summed E-state index contributed by atoms with van der Waals surface area (Å²) in [6.45, 7) is 5.72. The maximum atomic E-state index is 5.33. The molecule has 4 heteroatoms. The molecule has 0 radical (unpaired) electrons. The summed E-state index contributed by atoms with van der Waals surface area (Å²) in [5.41, 5.74) is 0. The van der Waals surface area contributed by atoms with Crippen LogP contribution in [-0.4, -0.2) is 39.3 Å². The second-order valence-electron chi connectivity index (χ2n) is 5.98. The predicted molar refractivity (Wildman–Crippen MR) is 90.9 cm³/mol. The van der Waals surface area contributed by atoms with E-state index in [-0.39, 0.29) is 0 Å². The van der Waals surface area contributed by atoms with Gasteiger partial charge >= 0.3 is 0 Å². The summed E-state index contributed by atoms with van der Waals surface area (Å²) in [6.07, 6.45) is 12.1. The van der Waals surface area contributed by atoms with E-state index in [4.69, 9.17) is 4.74 Å². The Morgan fingerprint density at radius 2 is 1.71 bits per heavy atom. The summed E-state index contributed by atoms with van der Waals surface area (Å²) >= 11 is 0. The first-order chi connectivity index (χ1) is 10.4. The molecule has 0 aromatic rings. The van der Waals surface area contributed by atoms with Crippen LogP contribution in [0.3, 0.4) is 0 Å². The van der Waals surface area contributed by atoms with Gasteiger partial charge < -0.3 is 15.4 Å². The van der Waals surface area contributed by atoms with Crippen molar-refractivity contribution in [1.82, 2.24) is 10.6 Å². The number of unbranched alkanes of at least 4 members (excludes halogenated alkanes) is 2. The summed E-state index contributed by atoms with van der Waals surface area (Å²) in [4.78, 5) is 4.26. The molecular formula is C17H35N3O. The van der Waals surface area contributed by atoms with E-state index >= 15 is 0 Å². The Kier molecular flexibility index (Phi) is 11.3. The third kappa shape index (κ3) is 9.72. The van der Waals surface area contributed by atoms with Crippen LogP contribution >= 0.6 is 0 Å². The van der Waals surface area contributed by atoms with Crippen LogP contribution in [0, 0.1) is 5.92 Å². The minimum atomic E-state index is 0.817. The van der Waals surface area contributed by atoms with Gasteiger partial charge in [0.1, 0.15) is 0 Å². The molecule has 4 nitrogen and oxygen atoms in total. The van der Waals surface area contributed by atoms with Crippen LogP contribution < -0.4 is 10.6 Å². The molecule has 0 unspecified atom stereocenters. The first-order valence-electron chi connectivity index (χ1n) is 8.89. The van der Waals surface area contributed by atoms with Gasteiger partial charge in [-0.25, -0.2) is 0 Å². The SMILES string of the molecule is CCOCCCCNC(=NC)NCCCCC1CCCC1. The van der Waals surface area contributed by atoms with Gasteiger partial charge in [-0.05, 0) is 32.1 Å². The number of aliphatic imine (C=N–C) groups is 1. The van der Waals surface area contributed by atoms with Crippen molar-refractivity contribution in [2.24, 2.45) is 10.9 Å². The Balaban J connectivity index is 1.90. The number of nitrogens with zero attached hydrogens (tertiary/aromatic N) is 1. The molecule has 1 aliphatic carbocycles. The van der Waals surface area contributed by atoms with E-state index in [1.54, 1.807) is 0 Å². The highest BCUT2D eigenvalue weighted by Crippen LogP contribution is 2.28. The fourth-order valence-corrected chi connectivity index (χ4v) is 2.96. The fourth-order valence-electron chi connectivity index (χ4n) is 2.96. The Labute approximate surface area is 131 Å². The molecule has 0 amide bonds. The Hall–Kier alpha value is -0.770. The Bertz CT molecular complexity index is 263. The molecule has 0 atom stereocenters. The van der Waals surface area contributed by atoms with Crippen molar-refractivity contribution in [1.29, 1.82) is 0 Å². The van der Waals surface area contributed by atoms with Crippen molar-refractivity contribution in [3.8, 4) is 0 Å². The third-order valence-corrected chi connectivity index (χ3v) is 4.24. The van der Waals surface area contributed by atoms with Crippen molar-refractivity contribution in [2.75, 3.05) is 33.4 Å². The standard InChI is InChI=1S/C17H35N3O/c1-3-21-15-9-8-14-20-17(18-2)19-13-7-6-12-16-10-4-5-11-16/h16H,3-15H2,1-2H3,(H2,18,19,20). The van der Waals surface area contributed by atoms with E-state index in [9.17, 15) is 0 Å². The summed E-state index contributed by atoms with van der Waals surface area (Å²) in [6, 6.07) is 0. The number of ether oxygens (including phenoxy) is 1. The highest BCUT2D eigenvalue weighted by atomic mass is 16.5. The van der Waals surface area contributed by atoms with Crippen LogP contribution in [-0.2, 0) is 4.74 Å². The lowest BCUT2D eigenvalue weighted by Gasteiger charge is -2.12. The number of nitrogens with one attached hydrogen (secondary N) is 2. The zero-order valence-electron chi connectivity index (χ0n) is 14.1. The molecule has 0 saturated heterocycles. The lowest BCUT2D eigenvalue weighted by molar-refractivity contribution is 0.143. The van der Waals surface area contributed by atoms with Gasteiger partial charge in [0, 0.05) is 33.4 Å². The van der Waals surface area contributed by atoms with Gasteiger partial charge in [0.25, 0.3) is 0 Å². The average molecular weight is 297 g/mol. The van der Waals surface area contributed by atoms with Gasteiger partial charge in [0.15, 0.2) is 5.96 Å². The average Bonchev–Trinajstić information content (AvgIpc) is 3.01. The quantitative estimate of drug-likeness (QED) is 0.349. The third-order valence-electron chi connectivity index (χ3n) is 4.24. The van der Waals surface area contributed by atoms with Crippen molar-refractivity contribution in [2.45, 2.75) is 64.7 Å². The first kappa shape index (κ1) is 18.3. The maximum Gasteiger partial charge on any atom is 0.190 e. The molecule has 21 heavy (non-hydrogen) atoms. The molecule has 1 fully saturated rings. The van der Waals surface area contributed by atoms with Crippen LogP contribution in [0.2, 0.25) is 0 Å². The van der Waals surface area contributed by atoms with Gasteiger partial charge in [0.05, 0.1) is 0 Å². The molecule has 0 bridgehead atoms. The molecule has 1 aliphatic rings. The molecule has 0 aromatic heterocycles. The maximum absolute atomic E-state index is 5.33. The summed E-state index contributed by atoms with van der Waals surface area (Å²) in [5.74, 6) is 1.96. The largest absolute Gasteiger partial charge is 0.382 e. The molecule has 0 aliphatic heterocycles. The van der Waals surface area contributed by atoms with Gasteiger partial charge in [-0.2, -0.15) is 0 Å². The van der Waals surface area contributed by atoms with Crippen LogP contribution in [0.5, 0.6) is 0 Å². The van der Waals surface area contributed by atoms with Gasteiger partial charge in [0.2, 0.25) is 0 Å². The second-order valence-corrected chi connectivity index (χ2v) is 5.98. The molecular weight excluding hydrogens is 262 g/mol. The molecule has 1 rings (SSSR count). The van der Waals surface area contributed by atoms with Gasteiger partial charge in [-0.1, -0.05) is 38.5 Å². The number of hydrogen-bond donors (Lipinski definition) is 2. The minimum Gasteiger partial charge on any atom is -0.382 e. The summed E-state index contributed by atoms with van der Waals surface area (Å²) in [5, 5.41) is 6.77. The van der Waals surface area contributed by atoms with E-state index in [1.807, 2.05) is 14.0 Å². The predicted octanol–water partition coefficient (Wildman–Crippen LogP) is 3.33. The van der Waals surface area contributed by atoms with Crippen LogP contribution in [0.15, 0.2) is 4.99 Å². The van der Waals surface area contributed by atoms with Gasteiger partial charge in [-0.15, -0.1) is 0 Å². The first-order valence-corrected chi connectivity index (χ1v) is 8.89. The summed E-state index contributed by atoms with van der Waals surface area (Å²) in [7, 11) is 1.84. The lowest BCUT2D eigenvalue weighted by Crippen LogP contribution is -2.38. The zero-order chi connectivity index (χ0) is 15.2. The lowest BCUT2D eigenvalue weighted by atomic mass is 10.0. The monoisotopic (exact) mass is 297 g/mol. The minimum absolute atomic E-state index is 0.817. The fraction of sp³-hybridized carbons (Fsp3) is 0.941. The Morgan fingerprint density at radius 1 is 1.05 bits per heavy atom. The van der Waals surface area contributed by atoms with E-state index in [2.05, 4.69) is 15.6 Å². The molecule has 0 heterocycles. The topological polar surface area (TPSA) is 45.6 Å². The van der Waals surface area contributed by atoms with Crippen molar-refractivity contribution >= 4 is 5.96 Å². The number of guanidine groups is 1. The zero-order valence-corrected chi connectivity index (χ0v) is 14.1. The molecule has 124 valence electrons. The molecule has 1 saturated carbocycles. The van der Waals surface area contributed by atoms with Crippen LogP contribution in [0.25, 0.3) is 0 Å². The highest BCUT2D eigenvalue weighted by molar-refractivity contribution is 5.79. The van der Waals surface area contributed by atoms with E-state index in [1.165, 1.54) is 44.9 Å². The normalized spacial score (nSPS) is 16.4.